The highest BCUT2D eigenvalue weighted by molar-refractivity contribution is 7.89. The third-order valence-electron chi connectivity index (χ3n) is 4.00. The summed E-state index contributed by atoms with van der Waals surface area (Å²) >= 11 is 0. The summed E-state index contributed by atoms with van der Waals surface area (Å²) in [5.41, 5.74) is 1.77. The van der Waals surface area contributed by atoms with Gasteiger partial charge in [0.25, 0.3) is 0 Å². The van der Waals surface area contributed by atoms with Crippen LogP contribution in [0, 0.1) is 6.92 Å². The SMILES string of the molecule is CCS(=O)(=O)N[C@H](Cc1c[nH]c2ccccc12)C(=O)Nc1cc(C)on1. The first kappa shape index (κ1) is 18.2. The molecule has 3 N–H and O–H groups in total. The molecule has 0 saturated heterocycles. The second kappa shape index (κ2) is 7.30. The summed E-state index contributed by atoms with van der Waals surface area (Å²) in [6, 6.07) is 8.22. The monoisotopic (exact) mass is 376 g/mol. The highest BCUT2D eigenvalue weighted by atomic mass is 32.2. The van der Waals surface area contributed by atoms with Crippen LogP contribution in [0.5, 0.6) is 0 Å². The van der Waals surface area contributed by atoms with Crippen LogP contribution in [0.3, 0.4) is 0 Å². The van der Waals surface area contributed by atoms with Gasteiger partial charge in [-0.15, -0.1) is 0 Å². The van der Waals surface area contributed by atoms with Crippen molar-refractivity contribution in [3.8, 4) is 0 Å². The van der Waals surface area contributed by atoms with E-state index in [4.69, 9.17) is 4.52 Å². The number of nitrogens with one attached hydrogen (secondary N) is 3. The van der Waals surface area contributed by atoms with Gasteiger partial charge in [-0.2, -0.15) is 0 Å². The van der Waals surface area contributed by atoms with Crippen molar-refractivity contribution in [1.29, 1.82) is 0 Å². The summed E-state index contributed by atoms with van der Waals surface area (Å²) < 4.78 is 31.4. The first-order chi connectivity index (χ1) is 12.4. The maximum Gasteiger partial charge on any atom is 0.244 e. The van der Waals surface area contributed by atoms with Crippen LogP contribution in [0.15, 0.2) is 41.1 Å². The van der Waals surface area contributed by atoms with Crippen molar-refractivity contribution in [3.05, 3.63) is 47.9 Å². The van der Waals surface area contributed by atoms with Gasteiger partial charge in [0.1, 0.15) is 11.8 Å². The van der Waals surface area contributed by atoms with E-state index in [9.17, 15) is 13.2 Å². The fourth-order valence-electron chi connectivity index (χ4n) is 2.65. The highest BCUT2D eigenvalue weighted by Crippen LogP contribution is 2.20. The quantitative estimate of drug-likeness (QED) is 0.583. The number of hydrogen-bond acceptors (Lipinski definition) is 5. The molecule has 2 aromatic heterocycles. The number of carbonyl (C=O) groups excluding carboxylic acids is 1. The lowest BCUT2D eigenvalue weighted by atomic mass is 10.1. The molecular weight excluding hydrogens is 356 g/mol. The van der Waals surface area contributed by atoms with Crippen LogP contribution >= 0.6 is 0 Å². The van der Waals surface area contributed by atoms with Crippen LogP contribution in [0.25, 0.3) is 10.9 Å². The average Bonchev–Trinajstić information content (AvgIpc) is 3.20. The van der Waals surface area contributed by atoms with Gasteiger partial charge in [0, 0.05) is 23.2 Å². The molecule has 0 aliphatic heterocycles. The molecule has 2 heterocycles. The van der Waals surface area contributed by atoms with Gasteiger partial charge in [-0.25, -0.2) is 13.1 Å². The first-order valence-corrected chi connectivity index (χ1v) is 9.82. The fraction of sp³-hybridized carbons (Fsp3) is 0.294. The van der Waals surface area contributed by atoms with Gasteiger partial charge in [-0.3, -0.25) is 4.79 Å². The molecule has 0 aliphatic carbocycles. The van der Waals surface area contributed by atoms with Gasteiger partial charge in [-0.1, -0.05) is 23.4 Å². The number of fused-ring (bicyclic) bond motifs is 1. The Labute approximate surface area is 151 Å². The van der Waals surface area contributed by atoms with Gasteiger partial charge < -0.3 is 14.8 Å². The summed E-state index contributed by atoms with van der Waals surface area (Å²) in [5, 5.41) is 7.24. The Kier molecular flexibility index (Phi) is 5.10. The minimum absolute atomic E-state index is 0.117. The number of benzene rings is 1. The first-order valence-electron chi connectivity index (χ1n) is 8.17. The number of anilines is 1. The van der Waals surface area contributed by atoms with Crippen LogP contribution < -0.4 is 10.0 Å². The fourth-order valence-corrected chi connectivity index (χ4v) is 3.44. The van der Waals surface area contributed by atoms with E-state index in [1.807, 2.05) is 24.3 Å². The van der Waals surface area contributed by atoms with Crippen LogP contribution in [-0.2, 0) is 21.2 Å². The van der Waals surface area contributed by atoms with E-state index in [-0.39, 0.29) is 18.0 Å². The molecule has 1 atom stereocenters. The molecule has 0 radical (unpaired) electrons. The number of aryl methyl sites for hydroxylation is 1. The predicted octanol–water partition coefficient (Wildman–Crippen LogP) is 1.95. The average molecular weight is 376 g/mol. The Morgan fingerprint density at radius 2 is 2.12 bits per heavy atom. The lowest BCUT2D eigenvalue weighted by Gasteiger charge is -2.17. The zero-order valence-electron chi connectivity index (χ0n) is 14.4. The molecule has 138 valence electrons. The number of amides is 1. The molecule has 0 bridgehead atoms. The van der Waals surface area contributed by atoms with Gasteiger partial charge >= 0.3 is 0 Å². The number of carbonyl (C=O) groups is 1. The summed E-state index contributed by atoms with van der Waals surface area (Å²) in [6.45, 7) is 3.22. The molecule has 0 aliphatic rings. The van der Waals surface area contributed by atoms with E-state index in [1.54, 1.807) is 19.2 Å². The predicted molar refractivity (Wildman–Crippen MR) is 98.3 cm³/mol. The lowest BCUT2D eigenvalue weighted by Crippen LogP contribution is -2.45. The van der Waals surface area contributed by atoms with E-state index in [2.05, 4.69) is 20.2 Å². The second-order valence-electron chi connectivity index (χ2n) is 5.95. The third-order valence-corrected chi connectivity index (χ3v) is 5.40. The van der Waals surface area contributed by atoms with Crippen molar-refractivity contribution in [2.24, 2.45) is 0 Å². The van der Waals surface area contributed by atoms with Gasteiger partial charge in [0.05, 0.1) is 5.75 Å². The zero-order chi connectivity index (χ0) is 18.7. The number of rotatable bonds is 7. The maximum atomic E-state index is 12.6. The summed E-state index contributed by atoms with van der Waals surface area (Å²) in [5.74, 6) is 0.170. The molecule has 1 amide bonds. The third kappa shape index (κ3) is 4.12. The van der Waals surface area contributed by atoms with Gasteiger partial charge in [-0.05, 0) is 31.9 Å². The van der Waals surface area contributed by atoms with Gasteiger partial charge in [0.2, 0.25) is 15.9 Å². The topological polar surface area (TPSA) is 117 Å². The van der Waals surface area contributed by atoms with Crippen molar-refractivity contribution < 1.29 is 17.7 Å². The van der Waals surface area contributed by atoms with Crippen LogP contribution in [0.1, 0.15) is 18.2 Å². The standard InChI is InChI=1S/C17H20N4O4S/c1-3-26(23,24)21-15(17(22)19-16-8-11(2)25-20-16)9-12-10-18-14-7-5-4-6-13(12)14/h4-8,10,15,18,21H,3,9H2,1-2H3,(H,19,20,22)/t15-/m1/s1. The molecule has 1 aromatic carbocycles. The van der Waals surface area contributed by atoms with E-state index in [0.29, 0.717) is 5.76 Å². The summed E-state index contributed by atoms with van der Waals surface area (Å²) in [6.07, 6.45) is 1.98. The largest absolute Gasteiger partial charge is 0.361 e. The highest BCUT2D eigenvalue weighted by Gasteiger charge is 2.25. The number of nitrogens with zero attached hydrogens (tertiary/aromatic N) is 1. The zero-order valence-corrected chi connectivity index (χ0v) is 15.3. The molecule has 9 heteroatoms. The number of hydrogen-bond donors (Lipinski definition) is 3. The molecule has 0 fully saturated rings. The van der Waals surface area contributed by atoms with E-state index >= 15 is 0 Å². The Bertz CT molecular complexity index is 1020. The molecule has 0 unspecified atom stereocenters. The number of H-pyrrole nitrogens is 1. The van der Waals surface area contributed by atoms with Crippen LogP contribution in [0.2, 0.25) is 0 Å². The molecule has 0 saturated carbocycles. The number of sulfonamides is 1. The summed E-state index contributed by atoms with van der Waals surface area (Å²) in [7, 11) is -3.57. The Balaban J connectivity index is 1.86. The van der Waals surface area contributed by atoms with Crippen LogP contribution in [0.4, 0.5) is 5.82 Å². The van der Waals surface area contributed by atoms with Crippen molar-refractivity contribution in [2.75, 3.05) is 11.1 Å². The number of aromatic nitrogens is 2. The normalized spacial score (nSPS) is 13.0. The molecule has 0 spiro atoms. The van der Waals surface area contributed by atoms with Crippen LogP contribution in [-0.4, -0.2) is 36.3 Å². The Hall–Kier alpha value is -2.65. The van der Waals surface area contributed by atoms with Crippen molar-refractivity contribution in [3.63, 3.8) is 0 Å². The lowest BCUT2D eigenvalue weighted by molar-refractivity contribution is -0.117. The van der Waals surface area contributed by atoms with Crippen molar-refractivity contribution in [2.45, 2.75) is 26.3 Å². The summed E-state index contributed by atoms with van der Waals surface area (Å²) in [4.78, 5) is 15.8. The minimum atomic E-state index is -3.57. The van der Waals surface area contributed by atoms with E-state index < -0.39 is 22.0 Å². The molecule has 8 nitrogen and oxygen atoms in total. The number of para-hydroxylation sites is 1. The Morgan fingerprint density at radius 3 is 2.81 bits per heavy atom. The maximum absolute atomic E-state index is 12.6. The van der Waals surface area contributed by atoms with E-state index in [1.165, 1.54) is 6.92 Å². The van der Waals surface area contributed by atoms with Crippen molar-refractivity contribution >= 4 is 32.7 Å². The molecule has 26 heavy (non-hydrogen) atoms. The van der Waals surface area contributed by atoms with E-state index in [0.717, 1.165) is 16.5 Å². The molecule has 3 rings (SSSR count). The minimum Gasteiger partial charge on any atom is -0.361 e. The molecular formula is C17H20N4O4S. The van der Waals surface area contributed by atoms with Crippen molar-refractivity contribution in [1.82, 2.24) is 14.9 Å². The van der Waals surface area contributed by atoms with Gasteiger partial charge in [0.15, 0.2) is 5.82 Å². The molecule has 3 aromatic rings. The second-order valence-corrected chi connectivity index (χ2v) is 7.99. The smallest absolute Gasteiger partial charge is 0.244 e. The number of aromatic amines is 1. The Morgan fingerprint density at radius 1 is 1.35 bits per heavy atom.